The molecule has 0 N–H and O–H groups in total. The first-order valence-electron chi connectivity index (χ1n) is 21.2. The summed E-state index contributed by atoms with van der Waals surface area (Å²) < 4.78 is 24.9. The molecule has 0 aliphatic carbocycles. The normalized spacial score (nSPS) is 10.4. The highest BCUT2D eigenvalue weighted by Gasteiger charge is 2.03. The van der Waals surface area contributed by atoms with Crippen LogP contribution in [0.25, 0.3) is 0 Å². The van der Waals surface area contributed by atoms with Crippen LogP contribution in [0.5, 0.6) is 0 Å². The number of nitrogens with zero attached hydrogens (tertiary/aromatic N) is 2. The summed E-state index contributed by atoms with van der Waals surface area (Å²) in [5.74, 6) is 3.66. The second kappa shape index (κ2) is 29.3. The Bertz CT molecular complexity index is 1990. The van der Waals surface area contributed by atoms with Crippen LogP contribution in [-0.2, 0) is 0 Å². The van der Waals surface area contributed by atoms with Gasteiger partial charge in [0.25, 0.3) is 0 Å². The molecular weight excluding hydrogens is 821 g/mol. The quantitative estimate of drug-likeness (QED) is 0.166. The zero-order valence-electron chi connectivity index (χ0n) is 38.9. The highest BCUT2D eigenvalue weighted by molar-refractivity contribution is 6.42. The third-order valence-electron chi connectivity index (χ3n) is 9.48. The van der Waals surface area contributed by atoms with Crippen LogP contribution in [0.2, 0.25) is 15.1 Å². The lowest BCUT2D eigenvalue weighted by molar-refractivity contribution is 0.623. The van der Waals surface area contributed by atoms with E-state index in [9.17, 15) is 8.78 Å². The van der Waals surface area contributed by atoms with Gasteiger partial charge >= 0.3 is 0 Å². The molecule has 0 fully saturated rings. The van der Waals surface area contributed by atoms with Gasteiger partial charge in [-0.05, 0) is 137 Å². The van der Waals surface area contributed by atoms with Crippen LogP contribution in [0, 0.1) is 25.5 Å². The summed E-state index contributed by atoms with van der Waals surface area (Å²) in [6, 6.07) is 35.6. The molecule has 0 atom stereocenters. The number of halogens is 5. The molecule has 0 aliphatic heterocycles. The summed E-state index contributed by atoms with van der Waals surface area (Å²) in [7, 11) is 0. The minimum absolute atomic E-state index is 0.147. The molecule has 6 aromatic rings. The first-order valence-corrected chi connectivity index (χ1v) is 22.3. The largest absolute Gasteiger partial charge is 0.241 e. The monoisotopic (exact) mass is 888 g/mol. The maximum Gasteiger partial charge on any atom is 0.130 e. The lowest BCUT2D eigenvalue weighted by Crippen LogP contribution is -1.93. The average molecular weight is 891 g/mol. The molecule has 0 saturated carbocycles. The van der Waals surface area contributed by atoms with E-state index in [-0.39, 0.29) is 11.6 Å². The zero-order valence-corrected chi connectivity index (χ0v) is 41.1. The fourth-order valence-electron chi connectivity index (χ4n) is 5.18. The minimum atomic E-state index is -0.163. The molecule has 0 saturated heterocycles. The fraction of sp³-hybridized carbons (Fsp3) is 0.370. The van der Waals surface area contributed by atoms with Crippen LogP contribution in [-0.4, -0.2) is 9.97 Å². The Balaban J connectivity index is 0.000000366. The van der Waals surface area contributed by atoms with Crippen LogP contribution in [0.3, 0.4) is 0 Å². The number of hydrogen-bond donors (Lipinski definition) is 0. The molecule has 61 heavy (non-hydrogen) atoms. The van der Waals surface area contributed by atoms with Crippen LogP contribution in [0.1, 0.15) is 163 Å². The molecule has 0 spiro atoms. The Hall–Kier alpha value is -4.09. The lowest BCUT2D eigenvalue weighted by atomic mass is 9.99. The van der Waals surface area contributed by atoms with Crippen molar-refractivity contribution in [1.82, 2.24) is 9.97 Å². The van der Waals surface area contributed by atoms with Crippen molar-refractivity contribution < 1.29 is 8.78 Å². The third kappa shape index (κ3) is 23.1. The number of benzene rings is 5. The standard InChI is InChI=1S/C11H16.C9H10Cl2.C9H11Cl.2C9H11F.C7H10N2/c1-8(2)11-6-5-9(3)10(4)7-11;1-6(2)7-3-4-8(10)9(11)5-7;1-7(2)8-4-3-5-9(10)6-8;1-7(2)8-3-5-9(10)6-4-8;1-7(2)8-4-3-5-9(10)6-8;1-6(2)7-8-4-3-5-9-7/h5-8H,1-4H3;3-6H,1-2H3;3*3-7H,1-2H3;3-6H,1-2H3. The summed E-state index contributed by atoms with van der Waals surface area (Å²) in [6.45, 7) is 29.8. The summed E-state index contributed by atoms with van der Waals surface area (Å²) in [6.07, 6.45) is 3.53. The van der Waals surface area contributed by atoms with E-state index in [2.05, 4.69) is 131 Å². The average Bonchev–Trinajstić information content (AvgIpc) is 3.21. The van der Waals surface area contributed by atoms with Gasteiger partial charge in [-0.25, -0.2) is 18.7 Å². The number of aryl methyl sites for hydroxylation is 2. The van der Waals surface area contributed by atoms with Gasteiger partial charge in [-0.2, -0.15) is 0 Å². The summed E-state index contributed by atoms with van der Waals surface area (Å²) in [5, 5.41) is 2.08. The van der Waals surface area contributed by atoms with Crippen molar-refractivity contribution in [2.75, 3.05) is 0 Å². The highest BCUT2D eigenvalue weighted by atomic mass is 35.5. The van der Waals surface area contributed by atoms with Gasteiger partial charge < -0.3 is 0 Å². The number of hydrogen-bond acceptors (Lipinski definition) is 2. The Morgan fingerprint density at radius 1 is 0.377 bits per heavy atom. The smallest absolute Gasteiger partial charge is 0.130 e. The van der Waals surface area contributed by atoms with Gasteiger partial charge in [0, 0.05) is 23.3 Å². The molecule has 0 aliphatic rings. The maximum absolute atomic E-state index is 12.5. The van der Waals surface area contributed by atoms with E-state index >= 15 is 0 Å². The molecule has 5 aromatic carbocycles. The predicted octanol–water partition coefficient (Wildman–Crippen LogP) is 18.5. The van der Waals surface area contributed by atoms with Gasteiger partial charge in [0.05, 0.1) is 10.0 Å². The zero-order chi connectivity index (χ0) is 46.2. The van der Waals surface area contributed by atoms with Crippen LogP contribution < -0.4 is 0 Å². The van der Waals surface area contributed by atoms with Crippen molar-refractivity contribution in [2.45, 2.75) is 132 Å². The van der Waals surface area contributed by atoms with E-state index < -0.39 is 0 Å². The van der Waals surface area contributed by atoms with Crippen molar-refractivity contribution in [3.63, 3.8) is 0 Å². The molecule has 0 radical (unpaired) electrons. The van der Waals surface area contributed by atoms with Crippen LogP contribution >= 0.6 is 34.8 Å². The van der Waals surface area contributed by atoms with Crippen molar-refractivity contribution in [1.29, 1.82) is 0 Å². The first-order chi connectivity index (χ1) is 28.6. The van der Waals surface area contributed by atoms with Gasteiger partial charge in [-0.3, -0.25) is 0 Å². The molecule has 1 aromatic heterocycles. The Morgan fingerprint density at radius 3 is 1.21 bits per heavy atom. The van der Waals surface area contributed by atoms with Crippen molar-refractivity contribution in [3.05, 3.63) is 199 Å². The van der Waals surface area contributed by atoms with Crippen LogP contribution in [0.4, 0.5) is 8.78 Å². The van der Waals surface area contributed by atoms with Gasteiger partial charge in [0.15, 0.2) is 0 Å². The highest BCUT2D eigenvalue weighted by Crippen LogP contribution is 2.26. The second-order valence-corrected chi connectivity index (χ2v) is 18.0. The van der Waals surface area contributed by atoms with E-state index in [1.165, 1.54) is 51.6 Å². The van der Waals surface area contributed by atoms with Crippen molar-refractivity contribution >= 4 is 34.8 Å². The van der Waals surface area contributed by atoms with Gasteiger partial charge in [-0.1, -0.05) is 179 Å². The van der Waals surface area contributed by atoms with E-state index in [1.807, 2.05) is 60.7 Å². The molecule has 6 rings (SSSR count). The van der Waals surface area contributed by atoms with E-state index in [1.54, 1.807) is 24.5 Å². The topological polar surface area (TPSA) is 25.8 Å². The molecular formula is C54H69Cl3F2N2. The molecule has 0 amide bonds. The Kier molecular flexibility index (Phi) is 26.3. The summed E-state index contributed by atoms with van der Waals surface area (Å²) in [5.41, 5.74) is 8.98. The summed E-state index contributed by atoms with van der Waals surface area (Å²) in [4.78, 5) is 8.13. The molecule has 1 heterocycles. The van der Waals surface area contributed by atoms with E-state index in [0.717, 1.165) is 16.4 Å². The minimum Gasteiger partial charge on any atom is -0.241 e. The lowest BCUT2D eigenvalue weighted by Gasteiger charge is -2.07. The molecule has 2 nitrogen and oxygen atoms in total. The second-order valence-electron chi connectivity index (χ2n) is 16.7. The van der Waals surface area contributed by atoms with Gasteiger partial charge in [0.2, 0.25) is 0 Å². The predicted molar refractivity (Wildman–Crippen MR) is 263 cm³/mol. The first kappa shape index (κ1) is 54.9. The van der Waals surface area contributed by atoms with Crippen molar-refractivity contribution in [2.24, 2.45) is 0 Å². The van der Waals surface area contributed by atoms with Crippen molar-refractivity contribution in [3.8, 4) is 0 Å². The van der Waals surface area contributed by atoms with Crippen LogP contribution in [0.15, 0.2) is 128 Å². The summed E-state index contributed by atoms with van der Waals surface area (Å²) >= 11 is 17.4. The Morgan fingerprint density at radius 2 is 0.820 bits per heavy atom. The molecule has 0 bridgehead atoms. The van der Waals surface area contributed by atoms with Gasteiger partial charge in [0.1, 0.15) is 17.5 Å². The third-order valence-corrected chi connectivity index (χ3v) is 10.5. The fourth-order valence-corrected chi connectivity index (χ4v) is 5.69. The van der Waals surface area contributed by atoms with Gasteiger partial charge in [-0.15, -0.1) is 0 Å². The SMILES string of the molecule is CC(C)c1ccc(Cl)c(Cl)c1.CC(C)c1ccc(F)cc1.CC(C)c1cccc(Cl)c1.CC(C)c1cccc(F)c1.CC(C)c1ncccn1.Cc1ccc(C(C)C)cc1C. The Labute approximate surface area is 383 Å². The number of aromatic nitrogens is 2. The number of rotatable bonds is 6. The molecule has 0 unspecified atom stereocenters. The molecule has 330 valence electrons. The maximum atomic E-state index is 12.5. The molecule has 7 heteroatoms. The van der Waals surface area contributed by atoms with E-state index in [0.29, 0.717) is 45.6 Å². The van der Waals surface area contributed by atoms with E-state index in [4.69, 9.17) is 34.8 Å².